The molecule has 0 aliphatic carbocycles. The first-order valence-corrected chi connectivity index (χ1v) is 20.1. The van der Waals surface area contributed by atoms with Crippen molar-refractivity contribution in [3.05, 3.63) is 71.5 Å². The molecular weight excluding hydrogens is 882 g/mol. The third-order valence-corrected chi connectivity index (χ3v) is 9.56. The molecule has 5 aromatic rings. The zero-order chi connectivity index (χ0) is 41.3. The monoisotopic (exact) mass is 901 g/mol. The Kier molecular flexibility index (Phi) is 14.3. The van der Waals surface area contributed by atoms with Crippen molar-refractivity contribution < 1.29 is 69.0 Å². The molecule has 57 heavy (non-hydrogen) atoms. The number of benzene rings is 4. The van der Waals surface area contributed by atoms with E-state index in [1.165, 1.54) is 55.6 Å². The summed E-state index contributed by atoms with van der Waals surface area (Å²) in [7, 11) is -8.45. The number of hydrogen-bond donors (Lipinski definition) is 7. The van der Waals surface area contributed by atoms with Gasteiger partial charge in [-0.3, -0.25) is 18.8 Å². The summed E-state index contributed by atoms with van der Waals surface area (Å²) in [6.07, 6.45) is 1.89. The van der Waals surface area contributed by atoms with Gasteiger partial charge in [0.15, 0.2) is 11.9 Å². The molecule has 298 valence electrons. The number of phenolic OH excluding ortho intramolecular Hbond substituents is 1. The van der Waals surface area contributed by atoms with E-state index < -0.39 is 37.1 Å². The van der Waals surface area contributed by atoms with Crippen molar-refractivity contribution in [3.63, 3.8) is 0 Å². The second-order valence-electron chi connectivity index (χ2n) is 10.2. The molecule has 7 N–H and O–H groups in total. The molecule has 22 nitrogen and oxygen atoms in total. The molecule has 5 rings (SSSR count). The summed E-state index contributed by atoms with van der Waals surface area (Å²) in [6, 6.07) is 13.2. The van der Waals surface area contributed by atoms with Gasteiger partial charge < -0.3 is 25.0 Å². The minimum absolute atomic E-state index is 0.00570. The highest BCUT2D eigenvalue weighted by Gasteiger charge is 2.23. The first-order chi connectivity index (χ1) is 27.1. The van der Waals surface area contributed by atoms with Gasteiger partial charge in [-0.1, -0.05) is 5.04 Å². The molecule has 0 radical (unpaired) electrons. The summed E-state index contributed by atoms with van der Waals surface area (Å²) in [5, 5.41) is 39.6. The lowest BCUT2D eigenvalue weighted by Gasteiger charge is -2.15. The Hall–Kier alpha value is -5.06. The predicted molar refractivity (Wildman–Crippen MR) is 202 cm³/mol. The van der Waals surface area contributed by atoms with Gasteiger partial charge in [-0.25, -0.2) is 5.26 Å². The number of carbonyl (C=O) groups is 1. The molecule has 4 aromatic carbocycles. The molecule has 0 aliphatic heterocycles. The standard InChI is InChI=1S/C29H20ClN7O15S5/c1-48-21-12-17(53-9-8-49-52-57(45,46)47)6-7-19(21)36-37-24-22(55-51-50-40)11-15-10-18(56(42,43)44)13-20(23(15)25(24)38)32-26(39)14-2-4-16(5-3-14)31-28-33-27(30)34-29(35-28)54-41/h2-7,10-13,38,40-41H,1H3,(H,32,39)(H,42,43,44)(H,45,46,47)(H,31,33,34,35). The van der Waals surface area contributed by atoms with E-state index in [-0.39, 0.29) is 72.5 Å². The van der Waals surface area contributed by atoms with Gasteiger partial charge in [-0.15, -0.1) is 14.6 Å². The maximum Gasteiger partial charge on any atom is 0.433 e. The number of methoxy groups -OCH3 is 1. The summed E-state index contributed by atoms with van der Waals surface area (Å²) in [4.78, 5) is 28.8. The summed E-state index contributed by atoms with van der Waals surface area (Å²) < 4.78 is 86.8. The SMILES string of the molecule is COc1cc(SC#COOS(=O)(=O)O)ccc1N=Nc1c(SOOO)cc2cc(S(=O)(=O)O)cc(NC(=O)c3ccc(Nc4nc(Cl)nc(SO)n4)cc3)c2c1O. The van der Waals surface area contributed by atoms with E-state index in [1.54, 1.807) is 0 Å². The highest BCUT2D eigenvalue weighted by atomic mass is 35.5. The third-order valence-electron chi connectivity index (χ3n) is 6.68. The summed E-state index contributed by atoms with van der Waals surface area (Å²) in [5.74, 6) is -1.35. The van der Waals surface area contributed by atoms with Crippen molar-refractivity contribution in [3.8, 4) is 22.9 Å². The number of thioether (sulfide) groups is 1. The van der Waals surface area contributed by atoms with E-state index in [4.69, 9.17) is 26.1 Å². The average Bonchev–Trinajstić information content (AvgIpc) is 3.15. The van der Waals surface area contributed by atoms with Crippen LogP contribution in [0.5, 0.6) is 11.5 Å². The minimum Gasteiger partial charge on any atom is -0.505 e. The zero-order valence-corrected chi connectivity index (χ0v) is 32.6. The number of ether oxygens (including phenoxy) is 1. The van der Waals surface area contributed by atoms with Crippen molar-refractivity contribution in [2.75, 3.05) is 17.7 Å². The van der Waals surface area contributed by atoms with Crippen molar-refractivity contribution in [1.29, 1.82) is 0 Å². The molecule has 0 saturated carbocycles. The van der Waals surface area contributed by atoms with Crippen molar-refractivity contribution in [2.45, 2.75) is 19.8 Å². The molecule has 1 amide bonds. The quantitative estimate of drug-likeness (QED) is 0.0108. The number of aromatic hydroxyl groups is 1. The van der Waals surface area contributed by atoms with Crippen LogP contribution in [-0.4, -0.2) is 68.8 Å². The maximum atomic E-state index is 13.5. The molecule has 0 saturated heterocycles. The minimum atomic E-state index is -4.89. The molecule has 1 heterocycles. The second-order valence-corrected chi connectivity index (χ2v) is 15.1. The fourth-order valence-electron chi connectivity index (χ4n) is 4.44. The van der Waals surface area contributed by atoms with E-state index in [0.29, 0.717) is 22.6 Å². The number of hydrogen-bond acceptors (Lipinski definition) is 22. The van der Waals surface area contributed by atoms with Crippen molar-refractivity contribution in [1.82, 2.24) is 15.0 Å². The van der Waals surface area contributed by atoms with Gasteiger partial charge in [0.2, 0.25) is 16.4 Å². The second kappa shape index (κ2) is 18.9. The van der Waals surface area contributed by atoms with Gasteiger partial charge in [0, 0.05) is 26.8 Å². The average molecular weight is 902 g/mol. The Morgan fingerprint density at radius 2 is 1.74 bits per heavy atom. The number of azo groups is 1. The Morgan fingerprint density at radius 3 is 2.40 bits per heavy atom. The first kappa shape index (κ1) is 43.1. The lowest BCUT2D eigenvalue weighted by atomic mass is 10.1. The molecular formula is C29H20ClN7O15S5. The molecule has 0 bridgehead atoms. The van der Waals surface area contributed by atoms with Gasteiger partial charge in [0.25, 0.3) is 16.0 Å². The number of anilines is 3. The number of nitrogens with one attached hydrogen (secondary N) is 2. The Morgan fingerprint density at radius 1 is 0.982 bits per heavy atom. The number of aromatic nitrogens is 3. The molecule has 0 spiro atoms. The van der Waals surface area contributed by atoms with E-state index in [1.807, 2.05) is 6.11 Å². The number of carbonyl (C=O) groups excluding carboxylic acids is 1. The summed E-state index contributed by atoms with van der Waals surface area (Å²) >= 11 is 7.26. The van der Waals surface area contributed by atoms with E-state index in [9.17, 15) is 35.8 Å². The van der Waals surface area contributed by atoms with Crippen LogP contribution < -0.4 is 15.4 Å². The number of halogens is 1. The fraction of sp³-hybridized carbons (Fsp3) is 0.0345. The van der Waals surface area contributed by atoms with E-state index in [2.05, 4.69) is 59.7 Å². The molecule has 0 atom stereocenters. The van der Waals surface area contributed by atoms with Crippen LogP contribution in [0.4, 0.5) is 28.7 Å². The van der Waals surface area contributed by atoms with Crippen LogP contribution in [0.15, 0.2) is 90.7 Å². The lowest BCUT2D eigenvalue weighted by Crippen LogP contribution is -2.13. The Labute approximate surface area is 337 Å². The van der Waals surface area contributed by atoms with Crippen LogP contribution in [0.2, 0.25) is 5.28 Å². The number of phenols is 1. The zero-order valence-electron chi connectivity index (χ0n) is 27.7. The number of rotatable bonds is 15. The van der Waals surface area contributed by atoms with Gasteiger partial charge in [0.1, 0.15) is 17.1 Å². The van der Waals surface area contributed by atoms with Gasteiger partial charge >= 0.3 is 10.4 Å². The summed E-state index contributed by atoms with van der Waals surface area (Å²) in [5.41, 5.74) is -0.0962. The number of fused-ring (bicyclic) bond motifs is 1. The van der Waals surface area contributed by atoms with Crippen LogP contribution in [0.25, 0.3) is 10.8 Å². The van der Waals surface area contributed by atoms with E-state index >= 15 is 0 Å². The normalized spacial score (nSPS) is 11.6. The Bertz CT molecular complexity index is 2650. The van der Waals surface area contributed by atoms with E-state index in [0.717, 1.165) is 23.9 Å². The van der Waals surface area contributed by atoms with Crippen LogP contribution in [0, 0.1) is 11.4 Å². The molecule has 0 fully saturated rings. The van der Waals surface area contributed by atoms with Crippen LogP contribution in [-0.2, 0) is 39.1 Å². The van der Waals surface area contributed by atoms with Crippen molar-refractivity contribution in [2.24, 2.45) is 10.2 Å². The number of amides is 1. The largest absolute Gasteiger partial charge is 0.505 e. The molecule has 1 aromatic heterocycles. The predicted octanol–water partition coefficient (Wildman–Crippen LogP) is 6.81. The molecule has 0 aliphatic rings. The van der Waals surface area contributed by atoms with Gasteiger partial charge in [-0.2, -0.15) is 31.8 Å². The van der Waals surface area contributed by atoms with Crippen LogP contribution in [0.1, 0.15) is 10.4 Å². The smallest absolute Gasteiger partial charge is 0.433 e. The fourth-order valence-corrected chi connectivity index (χ4v) is 6.56. The molecule has 28 heteroatoms. The Balaban J connectivity index is 1.49. The molecule has 0 unspecified atom stereocenters. The van der Waals surface area contributed by atoms with Gasteiger partial charge in [-0.05, 0) is 93.7 Å². The highest BCUT2D eigenvalue weighted by molar-refractivity contribution is 8.04. The van der Waals surface area contributed by atoms with Crippen LogP contribution in [0.3, 0.4) is 0 Å². The number of nitrogens with zero attached hydrogens (tertiary/aromatic N) is 5. The lowest BCUT2D eigenvalue weighted by molar-refractivity contribution is -0.432. The maximum absolute atomic E-state index is 13.5. The van der Waals surface area contributed by atoms with Crippen molar-refractivity contribution >= 4 is 113 Å². The van der Waals surface area contributed by atoms with Gasteiger partial charge in [0.05, 0.1) is 46.7 Å². The highest BCUT2D eigenvalue weighted by Crippen LogP contribution is 2.47. The summed E-state index contributed by atoms with van der Waals surface area (Å²) in [6.45, 7) is 0. The van der Waals surface area contributed by atoms with Crippen LogP contribution >= 0.6 is 47.4 Å². The topological polar surface area (TPSA) is 320 Å². The third kappa shape index (κ3) is 11.7. The first-order valence-electron chi connectivity index (χ1n) is 14.5.